The predicted molar refractivity (Wildman–Crippen MR) is 97.1 cm³/mol. The zero-order chi connectivity index (χ0) is 17.5. The van der Waals surface area contributed by atoms with Gasteiger partial charge in [-0.1, -0.05) is 6.07 Å². The highest BCUT2D eigenvalue weighted by molar-refractivity contribution is 7.07. The minimum atomic E-state index is -0.116. The van der Waals surface area contributed by atoms with E-state index in [1.54, 1.807) is 28.5 Å². The number of nitrogens with one attached hydrogen (secondary N) is 1. The molecule has 0 aliphatic rings. The van der Waals surface area contributed by atoms with Gasteiger partial charge in [-0.3, -0.25) is 14.5 Å². The van der Waals surface area contributed by atoms with Crippen molar-refractivity contribution in [1.82, 2.24) is 25.1 Å². The summed E-state index contributed by atoms with van der Waals surface area (Å²) in [7, 11) is 0. The lowest BCUT2D eigenvalue weighted by atomic mass is 10.0. The van der Waals surface area contributed by atoms with Crippen LogP contribution < -0.4 is 5.32 Å². The van der Waals surface area contributed by atoms with E-state index in [9.17, 15) is 4.79 Å². The zero-order valence-corrected chi connectivity index (χ0v) is 14.9. The molecule has 7 heteroatoms. The first-order chi connectivity index (χ1) is 12.2. The Hall–Kier alpha value is -2.54. The third-order valence-corrected chi connectivity index (χ3v) is 4.72. The maximum absolute atomic E-state index is 12.4. The molecular weight excluding hydrogens is 334 g/mol. The maximum atomic E-state index is 12.4. The fourth-order valence-electron chi connectivity index (χ4n) is 2.74. The molecule has 0 saturated heterocycles. The van der Waals surface area contributed by atoms with Crippen molar-refractivity contribution in [3.05, 3.63) is 64.6 Å². The summed E-state index contributed by atoms with van der Waals surface area (Å²) in [4.78, 5) is 20.8. The van der Waals surface area contributed by atoms with E-state index in [4.69, 9.17) is 0 Å². The van der Waals surface area contributed by atoms with Gasteiger partial charge in [0.15, 0.2) is 0 Å². The monoisotopic (exact) mass is 355 g/mol. The largest absolute Gasteiger partial charge is 0.347 e. The van der Waals surface area contributed by atoms with Crippen molar-refractivity contribution < 1.29 is 4.79 Å². The molecular formula is C18H21N5OS. The number of thiophene rings is 1. The third kappa shape index (κ3) is 4.96. The molecule has 25 heavy (non-hydrogen) atoms. The fraction of sp³-hybridized carbons (Fsp3) is 0.333. The van der Waals surface area contributed by atoms with Crippen molar-refractivity contribution in [2.45, 2.75) is 38.8 Å². The second-order valence-electron chi connectivity index (χ2n) is 5.92. The van der Waals surface area contributed by atoms with Gasteiger partial charge in [0.05, 0.1) is 11.7 Å². The summed E-state index contributed by atoms with van der Waals surface area (Å²) in [5, 5.41) is 11.4. The standard InChI is InChI=1S/C18H21N5OS/c1-14-4-2-7-20-18(14)16(10-15-6-9-25-11-15)22-17(24)5-3-8-23-13-19-12-21-23/h2,4,6-7,9,11-13,16H,3,5,8,10H2,1H3,(H,22,24)/t16-/m0/s1. The average molecular weight is 355 g/mol. The molecule has 0 bridgehead atoms. The van der Waals surface area contributed by atoms with Gasteiger partial charge in [-0.05, 0) is 53.8 Å². The van der Waals surface area contributed by atoms with E-state index in [0.29, 0.717) is 13.0 Å². The average Bonchev–Trinajstić information content (AvgIpc) is 3.28. The molecule has 3 heterocycles. The molecule has 0 radical (unpaired) electrons. The first-order valence-corrected chi connectivity index (χ1v) is 9.21. The molecule has 0 saturated carbocycles. The van der Waals surface area contributed by atoms with Crippen LogP contribution in [0.1, 0.15) is 35.7 Å². The molecule has 0 aliphatic heterocycles. The van der Waals surface area contributed by atoms with Gasteiger partial charge >= 0.3 is 0 Å². The van der Waals surface area contributed by atoms with Crippen LogP contribution >= 0.6 is 11.3 Å². The van der Waals surface area contributed by atoms with Gasteiger partial charge in [0.1, 0.15) is 12.7 Å². The molecule has 130 valence electrons. The Balaban J connectivity index is 1.62. The molecule has 0 aromatic carbocycles. The number of hydrogen-bond donors (Lipinski definition) is 1. The predicted octanol–water partition coefficient (Wildman–Crippen LogP) is 2.92. The van der Waals surface area contributed by atoms with Gasteiger partial charge in [0.2, 0.25) is 5.91 Å². The highest BCUT2D eigenvalue weighted by Crippen LogP contribution is 2.21. The molecule has 1 atom stereocenters. The van der Waals surface area contributed by atoms with Gasteiger partial charge in [0, 0.05) is 19.2 Å². The molecule has 3 aromatic heterocycles. The topological polar surface area (TPSA) is 72.7 Å². The van der Waals surface area contributed by atoms with E-state index in [1.165, 1.54) is 11.9 Å². The second kappa shape index (κ2) is 8.53. The van der Waals surface area contributed by atoms with Gasteiger partial charge in [-0.2, -0.15) is 16.4 Å². The minimum absolute atomic E-state index is 0.0328. The van der Waals surface area contributed by atoms with E-state index >= 15 is 0 Å². The molecule has 6 nitrogen and oxygen atoms in total. The van der Waals surface area contributed by atoms with E-state index in [-0.39, 0.29) is 11.9 Å². The summed E-state index contributed by atoms with van der Waals surface area (Å²) in [6, 6.07) is 5.92. The number of rotatable bonds is 8. The maximum Gasteiger partial charge on any atom is 0.220 e. The summed E-state index contributed by atoms with van der Waals surface area (Å²) < 4.78 is 1.74. The van der Waals surface area contributed by atoms with Crippen molar-refractivity contribution in [3.63, 3.8) is 0 Å². The first-order valence-electron chi connectivity index (χ1n) is 8.27. The quantitative estimate of drug-likeness (QED) is 0.674. The first kappa shape index (κ1) is 17.3. The van der Waals surface area contributed by atoms with Gasteiger partial charge in [-0.25, -0.2) is 4.98 Å². The summed E-state index contributed by atoms with van der Waals surface area (Å²) in [6.45, 7) is 2.71. The zero-order valence-electron chi connectivity index (χ0n) is 14.1. The van der Waals surface area contributed by atoms with Crippen molar-refractivity contribution in [1.29, 1.82) is 0 Å². The number of hydrogen-bond acceptors (Lipinski definition) is 5. The van der Waals surface area contributed by atoms with Gasteiger partial charge < -0.3 is 5.32 Å². The summed E-state index contributed by atoms with van der Waals surface area (Å²) in [5.74, 6) is 0.0328. The van der Waals surface area contributed by atoms with Crippen molar-refractivity contribution >= 4 is 17.2 Å². The molecule has 1 amide bonds. The van der Waals surface area contributed by atoms with Crippen molar-refractivity contribution in [2.24, 2.45) is 0 Å². The smallest absolute Gasteiger partial charge is 0.220 e. The van der Waals surface area contributed by atoms with Crippen LogP contribution in [-0.4, -0.2) is 25.7 Å². The summed E-state index contributed by atoms with van der Waals surface area (Å²) >= 11 is 1.66. The number of amides is 1. The lowest BCUT2D eigenvalue weighted by Gasteiger charge is -2.19. The highest BCUT2D eigenvalue weighted by atomic mass is 32.1. The minimum Gasteiger partial charge on any atom is -0.347 e. The number of carbonyl (C=O) groups excluding carboxylic acids is 1. The van der Waals surface area contributed by atoms with E-state index in [0.717, 1.165) is 24.1 Å². The third-order valence-electron chi connectivity index (χ3n) is 3.99. The van der Waals surface area contributed by atoms with Gasteiger partial charge in [0.25, 0.3) is 0 Å². The van der Waals surface area contributed by atoms with Crippen LogP contribution in [0.5, 0.6) is 0 Å². The second-order valence-corrected chi connectivity index (χ2v) is 6.70. The van der Waals surface area contributed by atoms with Crippen LogP contribution in [0.2, 0.25) is 0 Å². The molecule has 0 aliphatic carbocycles. The van der Waals surface area contributed by atoms with E-state index < -0.39 is 0 Å². The van der Waals surface area contributed by atoms with E-state index in [1.807, 2.05) is 19.1 Å². The number of pyridine rings is 1. The number of aromatic nitrogens is 4. The van der Waals surface area contributed by atoms with Crippen LogP contribution in [0.15, 0.2) is 47.8 Å². The molecule has 3 rings (SSSR count). The number of nitrogens with zero attached hydrogens (tertiary/aromatic N) is 4. The van der Waals surface area contributed by atoms with Crippen LogP contribution in [-0.2, 0) is 17.8 Å². The molecule has 1 N–H and O–H groups in total. The Morgan fingerprint density at radius 3 is 3.04 bits per heavy atom. The van der Waals surface area contributed by atoms with Crippen LogP contribution in [0, 0.1) is 6.92 Å². The number of aryl methyl sites for hydroxylation is 2. The Morgan fingerprint density at radius 2 is 2.32 bits per heavy atom. The molecule has 0 spiro atoms. The lowest BCUT2D eigenvalue weighted by Crippen LogP contribution is -2.31. The molecule has 0 fully saturated rings. The van der Waals surface area contributed by atoms with Crippen LogP contribution in [0.4, 0.5) is 0 Å². The van der Waals surface area contributed by atoms with Crippen molar-refractivity contribution in [3.8, 4) is 0 Å². The van der Waals surface area contributed by atoms with Crippen molar-refractivity contribution in [2.75, 3.05) is 0 Å². The molecule has 3 aromatic rings. The highest BCUT2D eigenvalue weighted by Gasteiger charge is 2.18. The van der Waals surface area contributed by atoms with Crippen LogP contribution in [0.3, 0.4) is 0 Å². The Bertz CT molecular complexity index is 786. The lowest BCUT2D eigenvalue weighted by molar-refractivity contribution is -0.122. The summed E-state index contributed by atoms with van der Waals surface area (Å²) in [6.07, 6.45) is 6.86. The van der Waals surface area contributed by atoms with E-state index in [2.05, 4.69) is 37.2 Å². The number of carbonyl (C=O) groups is 1. The SMILES string of the molecule is Cc1cccnc1[C@H](Cc1ccsc1)NC(=O)CCCn1cncn1. The fourth-order valence-corrected chi connectivity index (χ4v) is 3.42. The summed E-state index contributed by atoms with van der Waals surface area (Å²) in [5.41, 5.74) is 3.23. The normalized spacial score (nSPS) is 12.0. The van der Waals surface area contributed by atoms with Gasteiger partial charge in [-0.15, -0.1) is 0 Å². The Morgan fingerprint density at radius 1 is 1.40 bits per heavy atom. The molecule has 0 unspecified atom stereocenters. The van der Waals surface area contributed by atoms with Crippen LogP contribution in [0.25, 0.3) is 0 Å². The Kier molecular flexibility index (Phi) is 5.90. The Labute approximate surface area is 150 Å².